The van der Waals surface area contributed by atoms with Crippen LogP contribution in [0.5, 0.6) is 0 Å². The maximum atomic E-state index is 9.26. The van der Waals surface area contributed by atoms with E-state index in [1.807, 2.05) is 18.5 Å². The summed E-state index contributed by atoms with van der Waals surface area (Å²) in [6.45, 7) is 9.68. The zero-order valence-corrected chi connectivity index (χ0v) is 11.8. The lowest BCUT2D eigenvalue weighted by molar-refractivity contribution is 0.209. The number of nitrogens with zero attached hydrogens (tertiary/aromatic N) is 2. The third-order valence-corrected chi connectivity index (χ3v) is 3.48. The van der Waals surface area contributed by atoms with Gasteiger partial charge >= 0.3 is 0 Å². The minimum Gasteiger partial charge on any atom is -0.395 e. The van der Waals surface area contributed by atoms with E-state index in [0.29, 0.717) is 12.5 Å². The molecule has 0 spiro atoms. The molecule has 1 atom stereocenters. The van der Waals surface area contributed by atoms with Crippen LogP contribution in [-0.2, 0) is 13.1 Å². The van der Waals surface area contributed by atoms with Crippen molar-refractivity contribution in [2.24, 2.45) is 5.92 Å². The van der Waals surface area contributed by atoms with Crippen LogP contribution >= 0.6 is 11.6 Å². The summed E-state index contributed by atoms with van der Waals surface area (Å²) in [5.74, 6) is 0.387. The zero-order chi connectivity index (χ0) is 13.0. The Balaban J connectivity index is 2.74. The van der Waals surface area contributed by atoms with Crippen LogP contribution in [0, 0.1) is 12.8 Å². The van der Waals surface area contributed by atoms with Gasteiger partial charge < -0.3 is 10.4 Å². The van der Waals surface area contributed by atoms with Gasteiger partial charge in [-0.1, -0.05) is 25.4 Å². The van der Waals surface area contributed by atoms with Crippen LogP contribution in [0.4, 0.5) is 0 Å². The number of hydrogen-bond donors (Lipinski definition) is 2. The summed E-state index contributed by atoms with van der Waals surface area (Å²) in [5.41, 5.74) is 1.85. The van der Waals surface area contributed by atoms with Crippen LogP contribution in [0.15, 0.2) is 0 Å². The molecule has 1 rings (SSSR count). The number of halogens is 1. The average Bonchev–Trinajstić information content (AvgIpc) is 2.56. The number of aryl methyl sites for hydroxylation is 2. The summed E-state index contributed by atoms with van der Waals surface area (Å²) < 4.78 is 1.90. The molecule has 0 bridgehead atoms. The van der Waals surface area contributed by atoms with E-state index in [1.54, 1.807) is 0 Å². The first-order chi connectivity index (χ1) is 8.01. The fourth-order valence-electron chi connectivity index (χ4n) is 1.78. The first-order valence-electron chi connectivity index (χ1n) is 6.07. The Bertz CT molecular complexity index is 363. The second kappa shape index (κ2) is 6.38. The van der Waals surface area contributed by atoms with E-state index < -0.39 is 0 Å². The molecule has 17 heavy (non-hydrogen) atoms. The van der Waals surface area contributed by atoms with Gasteiger partial charge in [0.25, 0.3) is 0 Å². The smallest absolute Gasteiger partial charge is 0.0860 e. The Morgan fingerprint density at radius 1 is 1.47 bits per heavy atom. The number of aliphatic hydroxyl groups excluding tert-OH is 1. The van der Waals surface area contributed by atoms with Gasteiger partial charge in [-0.05, 0) is 19.8 Å². The fraction of sp³-hybridized carbons (Fsp3) is 0.750. The minimum atomic E-state index is 0.0894. The summed E-state index contributed by atoms with van der Waals surface area (Å²) in [4.78, 5) is 0. The molecule has 0 saturated heterocycles. The molecule has 2 N–H and O–H groups in total. The molecule has 0 aromatic carbocycles. The van der Waals surface area contributed by atoms with Crippen LogP contribution < -0.4 is 5.32 Å². The molecule has 0 aliphatic rings. The summed E-state index contributed by atoms with van der Waals surface area (Å²) in [6, 6.07) is 0.0894. The van der Waals surface area contributed by atoms with E-state index in [9.17, 15) is 5.11 Å². The van der Waals surface area contributed by atoms with Gasteiger partial charge in [-0.2, -0.15) is 5.10 Å². The largest absolute Gasteiger partial charge is 0.395 e. The van der Waals surface area contributed by atoms with Gasteiger partial charge in [0.15, 0.2) is 0 Å². The summed E-state index contributed by atoms with van der Waals surface area (Å²) in [7, 11) is 0. The maximum Gasteiger partial charge on any atom is 0.0860 e. The lowest BCUT2D eigenvalue weighted by atomic mass is 10.1. The van der Waals surface area contributed by atoms with Gasteiger partial charge in [0.2, 0.25) is 0 Å². The van der Waals surface area contributed by atoms with Crippen molar-refractivity contribution in [3.05, 3.63) is 16.4 Å². The number of hydrogen-bond acceptors (Lipinski definition) is 3. The summed E-state index contributed by atoms with van der Waals surface area (Å²) in [6.07, 6.45) is 0. The Kier molecular flexibility index (Phi) is 5.43. The highest BCUT2D eigenvalue weighted by Crippen LogP contribution is 2.20. The predicted molar refractivity (Wildman–Crippen MR) is 70.2 cm³/mol. The number of aromatic nitrogens is 2. The lowest BCUT2D eigenvalue weighted by Crippen LogP contribution is -2.37. The number of nitrogens with one attached hydrogen (secondary N) is 1. The molecule has 0 fully saturated rings. The molecule has 4 nitrogen and oxygen atoms in total. The van der Waals surface area contributed by atoms with Crippen molar-refractivity contribution in [1.29, 1.82) is 0 Å². The highest BCUT2D eigenvalue weighted by atomic mass is 35.5. The second-order valence-corrected chi connectivity index (χ2v) is 4.95. The standard InChI is InChI=1S/C12H22ClN3O/c1-5-16-11(12(13)9(4)15-16)6-14-10(7-17)8(2)3/h8,10,14,17H,5-7H2,1-4H3. The minimum absolute atomic E-state index is 0.0894. The fourth-order valence-corrected chi connectivity index (χ4v) is 1.98. The molecule has 0 amide bonds. The molecule has 1 aromatic rings. The van der Waals surface area contributed by atoms with Crippen LogP contribution in [0.2, 0.25) is 5.02 Å². The van der Waals surface area contributed by atoms with Crippen molar-refractivity contribution in [2.45, 2.75) is 46.8 Å². The molecule has 0 radical (unpaired) electrons. The van der Waals surface area contributed by atoms with Gasteiger partial charge in [-0.3, -0.25) is 4.68 Å². The Labute approximate surface area is 108 Å². The molecule has 5 heteroatoms. The van der Waals surface area contributed by atoms with Crippen molar-refractivity contribution in [1.82, 2.24) is 15.1 Å². The third-order valence-electron chi connectivity index (χ3n) is 2.99. The Morgan fingerprint density at radius 2 is 2.12 bits per heavy atom. The monoisotopic (exact) mass is 259 g/mol. The molecule has 1 heterocycles. The molecule has 0 aliphatic heterocycles. The summed E-state index contributed by atoms with van der Waals surface area (Å²) >= 11 is 6.21. The van der Waals surface area contributed by atoms with Gasteiger partial charge in [0, 0.05) is 19.1 Å². The second-order valence-electron chi connectivity index (χ2n) is 4.58. The molecule has 1 aromatic heterocycles. The molecule has 0 saturated carbocycles. The van der Waals surface area contributed by atoms with Crippen LogP contribution in [0.1, 0.15) is 32.2 Å². The zero-order valence-electron chi connectivity index (χ0n) is 11.0. The van der Waals surface area contributed by atoms with E-state index in [2.05, 4.69) is 24.3 Å². The predicted octanol–water partition coefficient (Wildman–Crippen LogP) is 1.97. The van der Waals surface area contributed by atoms with E-state index in [1.165, 1.54) is 0 Å². The van der Waals surface area contributed by atoms with Crippen LogP contribution in [-0.4, -0.2) is 27.5 Å². The van der Waals surface area contributed by atoms with E-state index >= 15 is 0 Å². The first-order valence-corrected chi connectivity index (χ1v) is 6.45. The highest BCUT2D eigenvalue weighted by molar-refractivity contribution is 6.31. The molecular weight excluding hydrogens is 238 g/mol. The van der Waals surface area contributed by atoms with Gasteiger partial charge in [-0.15, -0.1) is 0 Å². The SMILES string of the molecule is CCn1nc(C)c(Cl)c1CNC(CO)C(C)C. The number of rotatable bonds is 6. The van der Waals surface area contributed by atoms with Gasteiger partial charge in [0.1, 0.15) is 0 Å². The average molecular weight is 260 g/mol. The normalized spacial score (nSPS) is 13.4. The topological polar surface area (TPSA) is 50.1 Å². The Hall–Kier alpha value is -0.580. The molecule has 98 valence electrons. The van der Waals surface area contributed by atoms with Crippen molar-refractivity contribution in [3.8, 4) is 0 Å². The van der Waals surface area contributed by atoms with Gasteiger partial charge in [-0.25, -0.2) is 0 Å². The molecule has 1 unspecified atom stereocenters. The highest BCUT2D eigenvalue weighted by Gasteiger charge is 2.16. The quantitative estimate of drug-likeness (QED) is 0.821. The van der Waals surface area contributed by atoms with Crippen LogP contribution in [0.25, 0.3) is 0 Å². The van der Waals surface area contributed by atoms with E-state index in [0.717, 1.165) is 23.0 Å². The van der Waals surface area contributed by atoms with Crippen molar-refractivity contribution in [3.63, 3.8) is 0 Å². The summed E-state index contributed by atoms with van der Waals surface area (Å²) in [5, 5.41) is 17.7. The Morgan fingerprint density at radius 3 is 2.59 bits per heavy atom. The van der Waals surface area contributed by atoms with Crippen molar-refractivity contribution in [2.75, 3.05) is 6.61 Å². The van der Waals surface area contributed by atoms with E-state index in [4.69, 9.17) is 11.6 Å². The first kappa shape index (κ1) is 14.5. The molecular formula is C12H22ClN3O. The third kappa shape index (κ3) is 3.44. The van der Waals surface area contributed by atoms with Gasteiger partial charge in [0.05, 0.1) is 23.0 Å². The maximum absolute atomic E-state index is 9.26. The van der Waals surface area contributed by atoms with Crippen LogP contribution in [0.3, 0.4) is 0 Å². The number of aliphatic hydroxyl groups is 1. The van der Waals surface area contributed by atoms with E-state index in [-0.39, 0.29) is 12.6 Å². The lowest BCUT2D eigenvalue weighted by Gasteiger charge is -2.20. The molecule has 0 aliphatic carbocycles. The van der Waals surface area contributed by atoms with Crippen molar-refractivity contribution >= 4 is 11.6 Å². The van der Waals surface area contributed by atoms with Crippen molar-refractivity contribution < 1.29 is 5.11 Å².